The highest BCUT2D eigenvalue weighted by atomic mass is 33.1. The SMILES string of the molecule is COc1ccccc1-c1cn2c(n1)[C@H](CCC1CCCCC1)N(C(=O)[C@@H](N)CSSC[C@H](N)C(=O)N1CCn3cc(-c4ccccc4OC)nc3[C@@H]1CCC1CCCCC1)CC2. The van der Waals surface area contributed by atoms with Crippen LogP contribution in [-0.4, -0.2) is 91.6 Å². The predicted molar refractivity (Wildman–Crippen MR) is 250 cm³/mol. The van der Waals surface area contributed by atoms with Crippen molar-refractivity contribution >= 4 is 33.4 Å². The second-order valence-electron chi connectivity index (χ2n) is 17.8. The minimum absolute atomic E-state index is 0.0441. The Morgan fingerprint density at radius 1 is 0.613 bits per heavy atom. The maximum atomic E-state index is 14.3. The van der Waals surface area contributed by atoms with Crippen LogP contribution in [0, 0.1) is 11.8 Å². The van der Waals surface area contributed by atoms with Crippen LogP contribution in [0.25, 0.3) is 22.5 Å². The van der Waals surface area contributed by atoms with Gasteiger partial charge < -0.3 is 39.9 Å². The number of carbonyl (C=O) groups excluding carboxylic acids is 2. The molecule has 0 radical (unpaired) electrons. The van der Waals surface area contributed by atoms with Crippen molar-refractivity contribution in [3.8, 4) is 34.0 Å². The molecule has 4 atom stereocenters. The van der Waals surface area contributed by atoms with Gasteiger partial charge in [-0.3, -0.25) is 9.59 Å². The number of benzene rings is 2. The molecule has 0 unspecified atom stereocenters. The van der Waals surface area contributed by atoms with E-state index < -0.39 is 12.1 Å². The quantitative estimate of drug-likeness (QED) is 0.0781. The molecule has 0 saturated heterocycles. The van der Waals surface area contributed by atoms with Gasteiger partial charge in [0.25, 0.3) is 0 Å². The zero-order chi connectivity index (χ0) is 43.0. The first-order chi connectivity index (χ1) is 30.3. The molecule has 8 rings (SSSR count). The number of carbonyl (C=O) groups is 2. The minimum atomic E-state index is -0.686. The van der Waals surface area contributed by atoms with E-state index in [1.807, 2.05) is 58.3 Å². The summed E-state index contributed by atoms with van der Waals surface area (Å²) >= 11 is 0. The maximum Gasteiger partial charge on any atom is 0.241 e. The molecule has 2 aliphatic carbocycles. The van der Waals surface area contributed by atoms with Gasteiger partial charge in [0.1, 0.15) is 23.1 Å². The van der Waals surface area contributed by atoms with E-state index in [0.717, 1.165) is 71.3 Å². The van der Waals surface area contributed by atoms with E-state index in [9.17, 15) is 9.59 Å². The molecule has 0 bridgehead atoms. The van der Waals surface area contributed by atoms with E-state index in [1.165, 1.54) is 85.8 Å². The molecule has 0 spiro atoms. The van der Waals surface area contributed by atoms with Crippen molar-refractivity contribution < 1.29 is 19.1 Å². The third-order valence-electron chi connectivity index (χ3n) is 13.8. The summed E-state index contributed by atoms with van der Waals surface area (Å²) < 4.78 is 15.8. The molecule has 2 aliphatic heterocycles. The van der Waals surface area contributed by atoms with Gasteiger partial charge in [0.05, 0.1) is 49.8 Å². The fraction of sp³-hybridized carbons (Fsp3) is 0.583. The van der Waals surface area contributed by atoms with E-state index in [-0.39, 0.29) is 23.9 Å². The first-order valence-electron chi connectivity index (χ1n) is 23.1. The summed E-state index contributed by atoms with van der Waals surface area (Å²) in [6, 6.07) is 14.3. The number of nitrogens with two attached hydrogens (primary N) is 2. The normalized spacial score (nSPS) is 20.6. The molecular formula is C48H66N8O4S2. The summed E-state index contributed by atoms with van der Waals surface area (Å²) in [6.07, 6.45) is 20.9. The van der Waals surface area contributed by atoms with Crippen molar-refractivity contribution in [2.75, 3.05) is 38.8 Å². The van der Waals surface area contributed by atoms with Crippen molar-refractivity contribution in [1.29, 1.82) is 0 Å². The Kier molecular flexibility index (Phi) is 15.2. The Bertz CT molecular complexity index is 1970. The lowest BCUT2D eigenvalue weighted by molar-refractivity contribution is -0.136. The van der Waals surface area contributed by atoms with Gasteiger partial charge in [-0.15, -0.1) is 0 Å². The van der Waals surface area contributed by atoms with Gasteiger partial charge in [0.2, 0.25) is 11.8 Å². The molecule has 4 N–H and O–H groups in total. The number of methoxy groups -OCH3 is 2. The van der Waals surface area contributed by atoms with Crippen LogP contribution in [0.5, 0.6) is 11.5 Å². The first kappa shape index (κ1) is 44.6. The van der Waals surface area contributed by atoms with Crippen molar-refractivity contribution in [2.45, 2.75) is 127 Å². The Labute approximate surface area is 375 Å². The molecule has 334 valence electrons. The standard InChI is InChI=1S/C48H66N8O4S2/c1-59-43-19-11-9-17-35(43)39-29-53-25-27-55(41(45(53)51-39)23-21-33-13-5-3-6-14-33)47(57)37(49)31-61-62-32-38(50)48(58)56-28-26-54-30-40(36-18-10-12-20-44(36)60-2)52-46(54)42(56)24-22-34-15-7-4-8-16-34/h9-12,17-20,29-30,33-34,37-38,41-42H,3-8,13-16,21-28,31-32,49-50H2,1-2H3/t37-,38-,41-,42-/m0/s1. The highest BCUT2D eigenvalue weighted by Crippen LogP contribution is 2.40. The highest BCUT2D eigenvalue weighted by Gasteiger charge is 2.38. The van der Waals surface area contributed by atoms with E-state index in [2.05, 4.69) is 21.5 Å². The number of hydrogen-bond acceptors (Lipinski definition) is 10. The number of para-hydroxylation sites is 2. The molecule has 4 heterocycles. The van der Waals surface area contributed by atoms with Crippen LogP contribution in [0.4, 0.5) is 0 Å². The average Bonchev–Trinajstić information content (AvgIpc) is 3.97. The smallest absolute Gasteiger partial charge is 0.241 e. The largest absolute Gasteiger partial charge is 0.496 e. The number of nitrogens with zero attached hydrogens (tertiary/aromatic N) is 6. The molecule has 2 amide bonds. The van der Waals surface area contributed by atoms with Gasteiger partial charge in [-0.2, -0.15) is 0 Å². The van der Waals surface area contributed by atoms with Gasteiger partial charge in [-0.1, -0.05) is 110 Å². The molecule has 4 aliphatic rings. The van der Waals surface area contributed by atoms with Crippen molar-refractivity contribution in [3.63, 3.8) is 0 Å². The van der Waals surface area contributed by atoms with Crippen LogP contribution in [0.2, 0.25) is 0 Å². The molecule has 14 heteroatoms. The summed E-state index contributed by atoms with van der Waals surface area (Å²) in [6.45, 7) is 2.50. The van der Waals surface area contributed by atoms with Crippen LogP contribution >= 0.6 is 21.6 Å². The van der Waals surface area contributed by atoms with Crippen molar-refractivity contribution in [2.24, 2.45) is 23.3 Å². The predicted octanol–water partition coefficient (Wildman–Crippen LogP) is 8.65. The molecule has 2 aromatic heterocycles. The van der Waals surface area contributed by atoms with Gasteiger partial charge >= 0.3 is 0 Å². The Morgan fingerprint density at radius 3 is 1.42 bits per heavy atom. The summed E-state index contributed by atoms with van der Waals surface area (Å²) in [5, 5.41) is 0. The number of amides is 2. The fourth-order valence-corrected chi connectivity index (χ4v) is 12.6. The molecule has 2 saturated carbocycles. The Morgan fingerprint density at radius 2 is 1.02 bits per heavy atom. The summed E-state index contributed by atoms with van der Waals surface area (Å²) in [5.74, 6) is 5.54. The zero-order valence-corrected chi connectivity index (χ0v) is 38.3. The van der Waals surface area contributed by atoms with Crippen molar-refractivity contribution in [3.05, 3.63) is 72.6 Å². The maximum absolute atomic E-state index is 14.3. The molecule has 4 aromatic rings. The van der Waals surface area contributed by atoms with Gasteiger partial charge in [0.15, 0.2) is 0 Å². The molecule has 2 aromatic carbocycles. The zero-order valence-electron chi connectivity index (χ0n) is 36.7. The monoisotopic (exact) mass is 882 g/mol. The molecule has 2 fully saturated rings. The number of ether oxygens (including phenoxy) is 2. The van der Waals surface area contributed by atoms with E-state index in [1.54, 1.807) is 14.2 Å². The summed E-state index contributed by atoms with van der Waals surface area (Å²) in [5.41, 5.74) is 17.1. The topological polar surface area (TPSA) is 147 Å². The molecule has 12 nitrogen and oxygen atoms in total. The highest BCUT2D eigenvalue weighted by molar-refractivity contribution is 8.76. The lowest BCUT2D eigenvalue weighted by Crippen LogP contribution is -2.50. The van der Waals surface area contributed by atoms with Crippen LogP contribution in [0.1, 0.15) is 114 Å². The van der Waals surface area contributed by atoms with Crippen LogP contribution in [0.15, 0.2) is 60.9 Å². The first-order valence-corrected chi connectivity index (χ1v) is 25.6. The lowest BCUT2D eigenvalue weighted by atomic mass is 9.85. The lowest BCUT2D eigenvalue weighted by Gasteiger charge is -2.38. The van der Waals surface area contributed by atoms with E-state index in [4.69, 9.17) is 30.9 Å². The van der Waals surface area contributed by atoms with Gasteiger partial charge in [-0.05, 0) is 61.8 Å². The van der Waals surface area contributed by atoms with Crippen LogP contribution in [-0.2, 0) is 22.7 Å². The van der Waals surface area contributed by atoms with E-state index >= 15 is 0 Å². The number of imidazole rings is 2. The van der Waals surface area contributed by atoms with Crippen LogP contribution in [0.3, 0.4) is 0 Å². The van der Waals surface area contributed by atoms with E-state index in [0.29, 0.717) is 49.5 Å². The average molecular weight is 883 g/mol. The number of aromatic nitrogens is 4. The van der Waals surface area contributed by atoms with Crippen LogP contribution < -0.4 is 20.9 Å². The second kappa shape index (κ2) is 21.1. The summed E-state index contributed by atoms with van der Waals surface area (Å²) in [7, 11) is 6.43. The Hall–Kier alpha value is -3.98. The number of hydrogen-bond donors (Lipinski definition) is 2. The second-order valence-corrected chi connectivity index (χ2v) is 20.3. The van der Waals surface area contributed by atoms with Gasteiger partial charge in [-0.25, -0.2) is 9.97 Å². The number of rotatable bonds is 17. The van der Waals surface area contributed by atoms with Crippen molar-refractivity contribution in [1.82, 2.24) is 28.9 Å². The number of fused-ring (bicyclic) bond motifs is 2. The Balaban J connectivity index is 0.901. The molecular weight excluding hydrogens is 817 g/mol. The third-order valence-corrected chi connectivity index (χ3v) is 16.3. The molecule has 62 heavy (non-hydrogen) atoms. The summed E-state index contributed by atoms with van der Waals surface area (Å²) in [4.78, 5) is 42.8. The minimum Gasteiger partial charge on any atom is -0.496 e. The fourth-order valence-electron chi connectivity index (χ4n) is 10.4. The third kappa shape index (κ3) is 10.2. The van der Waals surface area contributed by atoms with Gasteiger partial charge in [0, 0.05) is 61.2 Å².